The summed E-state index contributed by atoms with van der Waals surface area (Å²) < 4.78 is 7.49. The van der Waals surface area contributed by atoms with Crippen LogP contribution in [0.1, 0.15) is 46.5 Å². The van der Waals surface area contributed by atoms with Crippen LogP contribution in [0.15, 0.2) is 35.8 Å². The molecule has 128 valence electrons. The first-order chi connectivity index (χ1) is 11.6. The van der Waals surface area contributed by atoms with Gasteiger partial charge in [-0.05, 0) is 37.4 Å². The van der Waals surface area contributed by atoms with E-state index >= 15 is 0 Å². The van der Waals surface area contributed by atoms with Gasteiger partial charge in [0.2, 0.25) is 0 Å². The Kier molecular flexibility index (Phi) is 5.16. The largest absolute Gasteiger partial charge is 0.377 e. The first-order valence-electron chi connectivity index (χ1n) is 8.20. The van der Waals surface area contributed by atoms with E-state index in [2.05, 4.69) is 0 Å². The number of carbonyl (C=O) groups excluding carboxylic acids is 2. The molecule has 1 atom stereocenters. The summed E-state index contributed by atoms with van der Waals surface area (Å²) in [5.41, 5.74) is 0.667. The summed E-state index contributed by atoms with van der Waals surface area (Å²) in [5.74, 6) is 0.0403. The lowest BCUT2D eigenvalue weighted by atomic mass is 10.1. The van der Waals surface area contributed by atoms with Crippen LogP contribution in [0.25, 0.3) is 0 Å². The molecule has 6 heteroatoms. The van der Waals surface area contributed by atoms with E-state index in [1.54, 1.807) is 4.90 Å². The number of hydrogen-bond acceptors (Lipinski definition) is 4. The maximum atomic E-state index is 13.0. The molecule has 0 aromatic carbocycles. The van der Waals surface area contributed by atoms with Crippen molar-refractivity contribution < 1.29 is 14.3 Å². The predicted octanol–water partition coefficient (Wildman–Crippen LogP) is 3.24. The highest BCUT2D eigenvalue weighted by Crippen LogP contribution is 2.21. The average Bonchev–Trinajstić information content (AvgIpc) is 3.26. The van der Waals surface area contributed by atoms with E-state index in [4.69, 9.17) is 4.74 Å². The van der Waals surface area contributed by atoms with E-state index in [-0.39, 0.29) is 23.8 Å². The van der Waals surface area contributed by atoms with E-state index in [9.17, 15) is 9.59 Å². The van der Waals surface area contributed by atoms with Crippen LogP contribution in [0.4, 0.5) is 0 Å². The van der Waals surface area contributed by atoms with Crippen molar-refractivity contribution in [3.05, 3.63) is 46.4 Å². The van der Waals surface area contributed by atoms with Crippen LogP contribution in [-0.4, -0.2) is 47.0 Å². The van der Waals surface area contributed by atoms with Gasteiger partial charge in [0.25, 0.3) is 5.91 Å². The van der Waals surface area contributed by atoms with Gasteiger partial charge in [0.1, 0.15) is 5.69 Å². The molecule has 0 N–H and O–H groups in total. The number of ether oxygens (including phenoxy) is 1. The Hall–Kier alpha value is -1.92. The molecular formula is C18H22N2O3S. The molecule has 24 heavy (non-hydrogen) atoms. The summed E-state index contributed by atoms with van der Waals surface area (Å²) in [5, 5.41) is 1.89. The Bertz CT molecular complexity index is 706. The fraction of sp³-hybridized carbons (Fsp3) is 0.444. The van der Waals surface area contributed by atoms with E-state index in [0.29, 0.717) is 31.9 Å². The van der Waals surface area contributed by atoms with Gasteiger partial charge in [-0.1, -0.05) is 6.07 Å². The third kappa shape index (κ3) is 3.44. The summed E-state index contributed by atoms with van der Waals surface area (Å²) in [6.45, 7) is 5.54. The Morgan fingerprint density at radius 3 is 2.88 bits per heavy atom. The number of aromatic nitrogens is 1. The number of ketones is 1. The number of nitrogens with zero attached hydrogens (tertiary/aromatic N) is 2. The van der Waals surface area contributed by atoms with Gasteiger partial charge in [-0.15, -0.1) is 11.3 Å². The summed E-state index contributed by atoms with van der Waals surface area (Å²) in [4.78, 5) is 28.0. The molecule has 2 aromatic rings. The first kappa shape index (κ1) is 16.9. The van der Waals surface area contributed by atoms with Gasteiger partial charge in [0.15, 0.2) is 5.78 Å². The lowest BCUT2D eigenvalue weighted by Crippen LogP contribution is -2.50. The summed E-state index contributed by atoms with van der Waals surface area (Å²) in [6, 6.07) is 7.43. The zero-order valence-electron chi connectivity index (χ0n) is 14.0. The topological polar surface area (TPSA) is 51.5 Å². The molecule has 3 heterocycles. The number of carbonyl (C=O) groups is 2. The number of Topliss-reactive ketones (excluding diaryl/α,β-unsaturated/α-hetero) is 1. The average molecular weight is 346 g/mol. The molecule has 1 aliphatic heterocycles. The van der Waals surface area contributed by atoms with Crippen molar-refractivity contribution in [2.24, 2.45) is 0 Å². The molecule has 0 aliphatic carbocycles. The predicted molar refractivity (Wildman–Crippen MR) is 93.7 cm³/mol. The Balaban J connectivity index is 1.78. The molecule has 0 unspecified atom stereocenters. The second-order valence-electron chi connectivity index (χ2n) is 6.23. The molecule has 0 radical (unpaired) electrons. The molecule has 0 bridgehead atoms. The van der Waals surface area contributed by atoms with Gasteiger partial charge in [-0.2, -0.15) is 0 Å². The number of thiophene rings is 1. The van der Waals surface area contributed by atoms with Crippen molar-refractivity contribution in [3.63, 3.8) is 0 Å². The van der Waals surface area contributed by atoms with Gasteiger partial charge in [0, 0.05) is 25.2 Å². The summed E-state index contributed by atoms with van der Waals surface area (Å²) in [6.07, 6.45) is 2.22. The lowest BCUT2D eigenvalue weighted by molar-refractivity contribution is -0.00336. The van der Waals surface area contributed by atoms with Crippen LogP contribution in [0, 0.1) is 0 Å². The van der Waals surface area contributed by atoms with Crippen molar-refractivity contribution in [1.29, 1.82) is 0 Å². The molecule has 2 aromatic heterocycles. The monoisotopic (exact) mass is 346 g/mol. The third-order valence-electron chi connectivity index (χ3n) is 4.26. The fourth-order valence-electron chi connectivity index (χ4n) is 3.02. The Morgan fingerprint density at radius 1 is 1.33 bits per heavy atom. The van der Waals surface area contributed by atoms with Gasteiger partial charge in [-0.25, -0.2) is 0 Å². The van der Waals surface area contributed by atoms with Gasteiger partial charge < -0.3 is 14.2 Å². The highest BCUT2D eigenvalue weighted by Gasteiger charge is 2.31. The van der Waals surface area contributed by atoms with E-state index in [1.165, 1.54) is 11.3 Å². The minimum atomic E-state index is -0.212. The molecule has 1 fully saturated rings. The van der Waals surface area contributed by atoms with Crippen molar-refractivity contribution in [3.8, 4) is 0 Å². The standard InChI is InChI=1S/C18H22N2O3S/c1-13(2)19-7-3-5-15(19)18(22)20-8-9-23-12-14(20)11-16(21)17-6-4-10-24-17/h3-7,10,13-14H,8-9,11-12H2,1-2H3/t14-/m1/s1. The van der Waals surface area contributed by atoms with Crippen LogP contribution in [0.5, 0.6) is 0 Å². The summed E-state index contributed by atoms with van der Waals surface area (Å²) in [7, 11) is 0. The van der Waals surface area contributed by atoms with Crippen molar-refractivity contribution >= 4 is 23.0 Å². The molecule has 0 saturated carbocycles. The second kappa shape index (κ2) is 7.32. The maximum Gasteiger partial charge on any atom is 0.270 e. The Morgan fingerprint density at radius 2 is 2.17 bits per heavy atom. The van der Waals surface area contributed by atoms with Crippen LogP contribution >= 0.6 is 11.3 Å². The molecule has 1 amide bonds. The number of rotatable bonds is 5. The second-order valence-corrected chi connectivity index (χ2v) is 7.17. The zero-order chi connectivity index (χ0) is 17.1. The number of hydrogen-bond donors (Lipinski definition) is 0. The van der Waals surface area contributed by atoms with Crippen molar-refractivity contribution in [1.82, 2.24) is 9.47 Å². The number of morpholine rings is 1. The molecule has 1 aliphatic rings. The molecule has 1 saturated heterocycles. The highest BCUT2D eigenvalue weighted by molar-refractivity contribution is 7.12. The van der Waals surface area contributed by atoms with Gasteiger partial charge in [0.05, 0.1) is 24.1 Å². The SMILES string of the molecule is CC(C)n1cccc1C(=O)N1CCOC[C@H]1CC(=O)c1cccs1. The van der Waals surface area contributed by atoms with Gasteiger partial charge in [-0.3, -0.25) is 9.59 Å². The van der Waals surface area contributed by atoms with Crippen molar-refractivity contribution in [2.75, 3.05) is 19.8 Å². The first-order valence-corrected chi connectivity index (χ1v) is 9.08. The van der Waals surface area contributed by atoms with Gasteiger partial charge >= 0.3 is 0 Å². The minimum absolute atomic E-state index is 0.0269. The Labute approximate surface area is 145 Å². The minimum Gasteiger partial charge on any atom is -0.377 e. The zero-order valence-corrected chi connectivity index (χ0v) is 14.8. The van der Waals surface area contributed by atoms with Crippen molar-refractivity contribution in [2.45, 2.75) is 32.4 Å². The van der Waals surface area contributed by atoms with E-state index in [0.717, 1.165) is 4.88 Å². The van der Waals surface area contributed by atoms with Crippen LogP contribution in [0.2, 0.25) is 0 Å². The molecule has 3 rings (SSSR count). The third-order valence-corrected chi connectivity index (χ3v) is 5.17. The molecular weight excluding hydrogens is 324 g/mol. The fourth-order valence-corrected chi connectivity index (χ4v) is 3.69. The lowest BCUT2D eigenvalue weighted by Gasteiger charge is -2.35. The molecule has 0 spiro atoms. The van der Waals surface area contributed by atoms with Crippen LogP contribution in [0.3, 0.4) is 0 Å². The maximum absolute atomic E-state index is 13.0. The van der Waals surface area contributed by atoms with Crippen LogP contribution in [-0.2, 0) is 4.74 Å². The quantitative estimate of drug-likeness (QED) is 0.781. The molecule has 5 nitrogen and oxygen atoms in total. The normalized spacial score (nSPS) is 18.1. The number of amides is 1. The van der Waals surface area contributed by atoms with E-state index in [1.807, 2.05) is 54.3 Å². The summed E-state index contributed by atoms with van der Waals surface area (Å²) >= 11 is 1.44. The smallest absolute Gasteiger partial charge is 0.270 e. The van der Waals surface area contributed by atoms with Crippen LogP contribution < -0.4 is 0 Å². The van der Waals surface area contributed by atoms with E-state index < -0.39 is 0 Å². The highest BCUT2D eigenvalue weighted by atomic mass is 32.1.